The standard InChI is InChI=1S/C19H22N2O5S/c1-11(2)14-5-4-13(8-12(14)3)25-10-17(23)26-9-16(22)21-19-15(18(20)24)6-7-27-19/h4-8,11H,9-10H2,1-3H3,(H2,20,24)(H,21,22). The number of nitrogens with two attached hydrogens (primary N) is 1. The van der Waals surface area contributed by atoms with Gasteiger partial charge in [-0.25, -0.2) is 4.79 Å². The second-order valence-electron chi connectivity index (χ2n) is 6.20. The van der Waals surface area contributed by atoms with Crippen LogP contribution in [0.4, 0.5) is 5.00 Å². The van der Waals surface area contributed by atoms with Crippen LogP contribution >= 0.6 is 11.3 Å². The maximum Gasteiger partial charge on any atom is 0.344 e. The molecule has 0 aliphatic carbocycles. The van der Waals surface area contributed by atoms with Gasteiger partial charge >= 0.3 is 5.97 Å². The predicted molar refractivity (Wildman–Crippen MR) is 103 cm³/mol. The minimum absolute atomic E-state index is 0.211. The molecule has 0 fully saturated rings. The van der Waals surface area contributed by atoms with Crippen molar-refractivity contribution in [3.8, 4) is 5.75 Å². The number of carbonyl (C=O) groups excluding carboxylic acids is 3. The number of amides is 2. The van der Waals surface area contributed by atoms with Crippen molar-refractivity contribution in [3.05, 3.63) is 46.3 Å². The fraction of sp³-hybridized carbons (Fsp3) is 0.316. The summed E-state index contributed by atoms with van der Waals surface area (Å²) in [6.45, 7) is 5.40. The molecule has 0 atom stereocenters. The highest BCUT2D eigenvalue weighted by atomic mass is 32.1. The molecule has 2 amide bonds. The van der Waals surface area contributed by atoms with Crippen molar-refractivity contribution in [1.82, 2.24) is 0 Å². The first-order chi connectivity index (χ1) is 12.8. The molecule has 2 rings (SSSR count). The lowest BCUT2D eigenvalue weighted by Gasteiger charge is -2.12. The van der Waals surface area contributed by atoms with E-state index in [0.717, 1.165) is 16.9 Å². The number of primary amides is 1. The lowest BCUT2D eigenvalue weighted by atomic mass is 9.98. The van der Waals surface area contributed by atoms with Crippen LogP contribution in [0, 0.1) is 6.92 Å². The van der Waals surface area contributed by atoms with Gasteiger partial charge in [0, 0.05) is 0 Å². The van der Waals surface area contributed by atoms with Gasteiger partial charge in [0.1, 0.15) is 10.8 Å². The van der Waals surface area contributed by atoms with Crippen LogP contribution in [0.1, 0.15) is 41.3 Å². The molecule has 0 saturated heterocycles. The Bertz CT molecular complexity index is 844. The second-order valence-corrected chi connectivity index (χ2v) is 7.11. The number of carbonyl (C=O) groups is 3. The highest BCUT2D eigenvalue weighted by molar-refractivity contribution is 7.14. The fourth-order valence-corrected chi connectivity index (χ4v) is 3.29. The van der Waals surface area contributed by atoms with E-state index in [2.05, 4.69) is 19.2 Å². The van der Waals surface area contributed by atoms with Crippen LogP contribution < -0.4 is 15.8 Å². The molecule has 0 aliphatic rings. The van der Waals surface area contributed by atoms with Gasteiger partial charge in [-0.2, -0.15) is 0 Å². The third-order valence-corrected chi connectivity index (χ3v) is 4.60. The Hall–Kier alpha value is -2.87. The van der Waals surface area contributed by atoms with Gasteiger partial charge in [-0.1, -0.05) is 19.9 Å². The summed E-state index contributed by atoms with van der Waals surface area (Å²) >= 11 is 1.15. The Balaban J connectivity index is 1.79. The van der Waals surface area contributed by atoms with Crippen LogP contribution in [0.2, 0.25) is 0 Å². The van der Waals surface area contributed by atoms with Gasteiger partial charge in [0.05, 0.1) is 5.56 Å². The zero-order chi connectivity index (χ0) is 20.0. The molecule has 0 unspecified atom stereocenters. The molecule has 1 aromatic carbocycles. The van der Waals surface area contributed by atoms with Crippen molar-refractivity contribution in [2.45, 2.75) is 26.7 Å². The lowest BCUT2D eigenvalue weighted by Crippen LogP contribution is -2.24. The molecule has 8 heteroatoms. The van der Waals surface area contributed by atoms with Crippen LogP contribution in [0.5, 0.6) is 5.75 Å². The van der Waals surface area contributed by atoms with Crippen LogP contribution in [-0.4, -0.2) is 31.0 Å². The molecule has 0 saturated carbocycles. The number of hydrogen-bond donors (Lipinski definition) is 2. The van der Waals surface area contributed by atoms with E-state index in [0.29, 0.717) is 16.7 Å². The molecule has 0 radical (unpaired) electrons. The first-order valence-corrected chi connectivity index (χ1v) is 9.22. The fourth-order valence-electron chi connectivity index (χ4n) is 2.48. The van der Waals surface area contributed by atoms with E-state index in [1.54, 1.807) is 11.4 Å². The number of esters is 1. The van der Waals surface area contributed by atoms with Crippen molar-refractivity contribution >= 4 is 34.1 Å². The highest BCUT2D eigenvalue weighted by Gasteiger charge is 2.14. The topological polar surface area (TPSA) is 108 Å². The minimum Gasteiger partial charge on any atom is -0.482 e. The van der Waals surface area contributed by atoms with Gasteiger partial charge in [-0.3, -0.25) is 9.59 Å². The quantitative estimate of drug-likeness (QED) is 0.674. The maximum atomic E-state index is 11.8. The summed E-state index contributed by atoms with van der Waals surface area (Å²) in [5, 5.41) is 4.43. The Morgan fingerprint density at radius 1 is 1.19 bits per heavy atom. The molecule has 0 aliphatic heterocycles. The predicted octanol–water partition coefficient (Wildman–Crippen LogP) is 2.84. The summed E-state index contributed by atoms with van der Waals surface area (Å²) in [6.07, 6.45) is 0. The molecule has 2 aromatic rings. The number of anilines is 1. The van der Waals surface area contributed by atoms with Crippen molar-refractivity contribution in [2.75, 3.05) is 18.5 Å². The molecule has 7 nitrogen and oxygen atoms in total. The number of benzene rings is 1. The minimum atomic E-state index is -0.669. The van der Waals surface area contributed by atoms with Crippen LogP contribution in [0.25, 0.3) is 0 Å². The zero-order valence-corrected chi connectivity index (χ0v) is 16.2. The van der Waals surface area contributed by atoms with E-state index in [-0.39, 0.29) is 12.2 Å². The van der Waals surface area contributed by atoms with Gasteiger partial charge in [-0.15, -0.1) is 11.3 Å². The second kappa shape index (κ2) is 9.18. The van der Waals surface area contributed by atoms with E-state index in [9.17, 15) is 14.4 Å². The van der Waals surface area contributed by atoms with E-state index >= 15 is 0 Å². The Kier molecular flexibility index (Phi) is 6.95. The third-order valence-electron chi connectivity index (χ3n) is 3.77. The van der Waals surface area contributed by atoms with Crippen LogP contribution in [0.3, 0.4) is 0 Å². The summed E-state index contributed by atoms with van der Waals surface area (Å²) in [7, 11) is 0. The monoisotopic (exact) mass is 390 g/mol. The van der Waals surface area contributed by atoms with Crippen LogP contribution in [0.15, 0.2) is 29.6 Å². The van der Waals surface area contributed by atoms with Gasteiger partial charge < -0.3 is 20.5 Å². The summed E-state index contributed by atoms with van der Waals surface area (Å²) in [6, 6.07) is 7.13. The third kappa shape index (κ3) is 5.82. The number of nitrogens with one attached hydrogen (secondary N) is 1. The molecule has 1 aromatic heterocycles. The van der Waals surface area contributed by atoms with Gasteiger partial charge in [0.15, 0.2) is 13.2 Å². The Morgan fingerprint density at radius 3 is 2.56 bits per heavy atom. The summed E-state index contributed by atoms with van der Waals surface area (Å²) in [5.41, 5.74) is 7.71. The summed E-state index contributed by atoms with van der Waals surface area (Å²) < 4.78 is 10.3. The maximum absolute atomic E-state index is 11.8. The Morgan fingerprint density at radius 2 is 1.93 bits per heavy atom. The number of hydrogen-bond acceptors (Lipinski definition) is 6. The molecule has 0 bridgehead atoms. The summed E-state index contributed by atoms with van der Waals surface area (Å²) in [5.74, 6) is -0.915. The average molecular weight is 390 g/mol. The Labute approximate surface area is 161 Å². The summed E-state index contributed by atoms with van der Waals surface area (Å²) in [4.78, 5) is 34.8. The van der Waals surface area contributed by atoms with E-state index in [1.807, 2.05) is 19.1 Å². The van der Waals surface area contributed by atoms with E-state index < -0.39 is 24.4 Å². The molecule has 27 heavy (non-hydrogen) atoms. The first kappa shape index (κ1) is 20.4. The number of rotatable bonds is 8. The molecular weight excluding hydrogens is 368 g/mol. The van der Waals surface area contributed by atoms with Crippen molar-refractivity contribution in [1.29, 1.82) is 0 Å². The molecule has 3 N–H and O–H groups in total. The highest BCUT2D eigenvalue weighted by Crippen LogP contribution is 2.24. The van der Waals surface area contributed by atoms with Gasteiger partial charge in [0.25, 0.3) is 11.8 Å². The van der Waals surface area contributed by atoms with Crippen molar-refractivity contribution < 1.29 is 23.9 Å². The normalized spacial score (nSPS) is 10.5. The van der Waals surface area contributed by atoms with Gasteiger partial charge in [-0.05, 0) is 47.5 Å². The molecular formula is C19H22N2O5S. The number of aryl methyl sites for hydroxylation is 1. The van der Waals surface area contributed by atoms with Crippen LogP contribution in [-0.2, 0) is 14.3 Å². The number of thiophene rings is 1. The molecule has 0 spiro atoms. The lowest BCUT2D eigenvalue weighted by molar-refractivity contribution is -0.149. The molecule has 1 heterocycles. The van der Waals surface area contributed by atoms with Crippen molar-refractivity contribution in [3.63, 3.8) is 0 Å². The zero-order valence-electron chi connectivity index (χ0n) is 15.4. The first-order valence-electron chi connectivity index (χ1n) is 8.34. The molecule has 144 valence electrons. The van der Waals surface area contributed by atoms with Gasteiger partial charge in [0.2, 0.25) is 0 Å². The van der Waals surface area contributed by atoms with E-state index in [4.69, 9.17) is 15.2 Å². The van der Waals surface area contributed by atoms with E-state index in [1.165, 1.54) is 11.6 Å². The average Bonchev–Trinajstić information content (AvgIpc) is 3.06. The smallest absolute Gasteiger partial charge is 0.344 e. The van der Waals surface area contributed by atoms with Crippen molar-refractivity contribution in [2.24, 2.45) is 5.73 Å². The SMILES string of the molecule is Cc1cc(OCC(=O)OCC(=O)Nc2sccc2C(N)=O)ccc1C(C)C. The number of ether oxygens (including phenoxy) is 2. The largest absolute Gasteiger partial charge is 0.482 e.